The quantitative estimate of drug-likeness (QED) is 0.527. The van der Waals surface area contributed by atoms with E-state index in [1.807, 2.05) is 0 Å². The Labute approximate surface area is 84.0 Å². The van der Waals surface area contributed by atoms with Crippen LogP contribution in [0.15, 0.2) is 12.7 Å². The fourth-order valence-corrected chi connectivity index (χ4v) is 1.64. The summed E-state index contributed by atoms with van der Waals surface area (Å²) in [5, 5.41) is 9.24. The number of rotatable bonds is 6. The lowest BCUT2D eigenvalue weighted by molar-refractivity contribution is -0.0392. The third-order valence-corrected chi connectivity index (χ3v) is 2.89. The van der Waals surface area contributed by atoms with Gasteiger partial charge in [0.25, 0.3) is 0 Å². The molecule has 0 saturated heterocycles. The van der Waals surface area contributed by atoms with Crippen molar-refractivity contribution in [1.82, 2.24) is 0 Å². The molecule has 0 saturated carbocycles. The average Bonchev–Trinajstić information content (AvgIpc) is 1.99. The van der Waals surface area contributed by atoms with Gasteiger partial charge in [-0.3, -0.25) is 9.05 Å². The molecule has 0 aliphatic carbocycles. The molecular formula is C8H17O5P. The summed E-state index contributed by atoms with van der Waals surface area (Å²) in [5.41, 5.74) is -1.13. The number of aliphatic hydroxyl groups is 1. The first-order chi connectivity index (χ1) is 6.21. The van der Waals surface area contributed by atoms with E-state index in [1.165, 1.54) is 26.8 Å². The highest BCUT2D eigenvalue weighted by molar-refractivity contribution is 7.47. The highest BCUT2D eigenvalue weighted by Crippen LogP contribution is 2.47. The minimum absolute atomic E-state index is 0.0797. The van der Waals surface area contributed by atoms with Gasteiger partial charge in [-0.1, -0.05) is 6.08 Å². The molecule has 0 aromatic rings. The maximum absolute atomic E-state index is 11.2. The van der Waals surface area contributed by atoms with Crippen molar-refractivity contribution in [3.05, 3.63) is 12.7 Å². The number of hydrogen-bond donors (Lipinski definition) is 2. The number of phosphoric acid groups is 1. The Bertz CT molecular complexity index is 236. The van der Waals surface area contributed by atoms with Crippen LogP contribution < -0.4 is 0 Å². The van der Waals surface area contributed by atoms with Crippen molar-refractivity contribution < 1.29 is 23.6 Å². The van der Waals surface area contributed by atoms with Crippen LogP contribution in [-0.4, -0.2) is 28.3 Å². The maximum atomic E-state index is 11.2. The van der Waals surface area contributed by atoms with E-state index >= 15 is 0 Å². The minimum Gasteiger partial charge on any atom is -0.390 e. The van der Waals surface area contributed by atoms with Crippen molar-refractivity contribution in [2.75, 3.05) is 6.61 Å². The summed E-state index contributed by atoms with van der Waals surface area (Å²) in [6.07, 6.45) is 0.456. The molecule has 84 valence electrons. The SMILES string of the molecule is C=CCOP(=O)(O)OC(C)(C)C(C)O. The molecule has 0 amide bonds. The molecular weight excluding hydrogens is 207 g/mol. The van der Waals surface area contributed by atoms with E-state index in [0.29, 0.717) is 0 Å². The summed E-state index contributed by atoms with van der Waals surface area (Å²) in [6.45, 7) is 7.71. The molecule has 0 aliphatic heterocycles. The molecule has 0 aliphatic rings. The fraction of sp³-hybridized carbons (Fsp3) is 0.750. The summed E-state index contributed by atoms with van der Waals surface area (Å²) in [7, 11) is -4.12. The molecule has 2 atom stereocenters. The molecule has 0 heterocycles. The molecule has 5 nitrogen and oxygen atoms in total. The van der Waals surface area contributed by atoms with Crippen LogP contribution in [0.25, 0.3) is 0 Å². The van der Waals surface area contributed by atoms with E-state index in [2.05, 4.69) is 11.1 Å². The van der Waals surface area contributed by atoms with E-state index in [0.717, 1.165) is 0 Å². The van der Waals surface area contributed by atoms with Crippen molar-refractivity contribution >= 4 is 7.82 Å². The first kappa shape index (κ1) is 13.8. The Morgan fingerprint density at radius 2 is 2.14 bits per heavy atom. The lowest BCUT2D eigenvalue weighted by Gasteiger charge is -2.29. The molecule has 0 radical (unpaired) electrons. The normalized spacial score (nSPS) is 18.6. The van der Waals surface area contributed by atoms with Crippen molar-refractivity contribution in [1.29, 1.82) is 0 Å². The van der Waals surface area contributed by atoms with Crippen LogP contribution in [0.3, 0.4) is 0 Å². The Morgan fingerprint density at radius 3 is 2.50 bits per heavy atom. The van der Waals surface area contributed by atoms with Crippen LogP contribution in [-0.2, 0) is 13.6 Å². The zero-order valence-electron chi connectivity index (χ0n) is 8.64. The lowest BCUT2D eigenvalue weighted by atomic mass is 10.0. The molecule has 0 aromatic heterocycles. The summed E-state index contributed by atoms with van der Waals surface area (Å²) in [4.78, 5) is 9.18. The molecule has 0 bridgehead atoms. The number of hydrogen-bond acceptors (Lipinski definition) is 4. The van der Waals surface area contributed by atoms with Crippen LogP contribution in [0.4, 0.5) is 0 Å². The second kappa shape index (κ2) is 5.05. The second-order valence-corrected chi connectivity index (χ2v) is 4.80. The third-order valence-electron chi connectivity index (χ3n) is 1.71. The minimum atomic E-state index is -4.12. The second-order valence-electron chi connectivity index (χ2n) is 3.42. The molecule has 2 N–H and O–H groups in total. The molecule has 0 fully saturated rings. The molecule has 0 aromatic carbocycles. The van der Waals surface area contributed by atoms with Gasteiger partial charge in [-0.15, -0.1) is 6.58 Å². The zero-order valence-corrected chi connectivity index (χ0v) is 9.53. The van der Waals surface area contributed by atoms with E-state index in [1.54, 1.807) is 0 Å². The highest BCUT2D eigenvalue weighted by Gasteiger charge is 2.35. The van der Waals surface area contributed by atoms with Crippen LogP contribution >= 0.6 is 7.82 Å². The fourth-order valence-electron chi connectivity index (χ4n) is 0.547. The first-order valence-corrected chi connectivity index (χ1v) is 5.68. The van der Waals surface area contributed by atoms with Crippen LogP contribution in [0, 0.1) is 0 Å². The summed E-state index contributed by atoms with van der Waals surface area (Å²) in [5.74, 6) is 0. The molecule has 6 heteroatoms. The molecule has 0 spiro atoms. The summed E-state index contributed by atoms with van der Waals surface area (Å²) >= 11 is 0. The van der Waals surface area contributed by atoms with Crippen molar-refractivity contribution in [3.63, 3.8) is 0 Å². The highest BCUT2D eigenvalue weighted by atomic mass is 31.2. The van der Waals surface area contributed by atoms with E-state index in [4.69, 9.17) is 4.52 Å². The standard InChI is InChI=1S/C8H17O5P/c1-5-6-12-14(10,11)13-8(3,4)7(2)9/h5,7,9H,1,6H2,2-4H3,(H,10,11). The number of aliphatic hydroxyl groups excluding tert-OH is 1. The van der Waals surface area contributed by atoms with Crippen molar-refractivity contribution in [2.24, 2.45) is 0 Å². The van der Waals surface area contributed by atoms with E-state index in [-0.39, 0.29) is 6.61 Å². The van der Waals surface area contributed by atoms with Crippen LogP contribution in [0.5, 0.6) is 0 Å². The largest absolute Gasteiger partial charge is 0.473 e. The van der Waals surface area contributed by atoms with Gasteiger partial charge in [0.15, 0.2) is 0 Å². The maximum Gasteiger partial charge on any atom is 0.473 e. The van der Waals surface area contributed by atoms with Crippen LogP contribution in [0.1, 0.15) is 20.8 Å². The Balaban J connectivity index is 4.34. The Morgan fingerprint density at radius 1 is 1.64 bits per heavy atom. The van der Waals surface area contributed by atoms with Gasteiger partial charge < -0.3 is 10.00 Å². The Hall–Kier alpha value is -0.190. The van der Waals surface area contributed by atoms with Gasteiger partial charge in [0.2, 0.25) is 0 Å². The summed E-state index contributed by atoms with van der Waals surface area (Å²) in [6, 6.07) is 0. The monoisotopic (exact) mass is 224 g/mol. The van der Waals surface area contributed by atoms with Crippen molar-refractivity contribution in [3.8, 4) is 0 Å². The van der Waals surface area contributed by atoms with Gasteiger partial charge in [0.05, 0.1) is 12.7 Å². The summed E-state index contributed by atoms with van der Waals surface area (Å²) < 4.78 is 20.5. The zero-order chi connectivity index (χ0) is 11.4. The third kappa shape index (κ3) is 4.88. The predicted octanol–water partition coefficient (Wildman–Crippen LogP) is 1.47. The van der Waals surface area contributed by atoms with Gasteiger partial charge in [0.1, 0.15) is 5.60 Å². The number of phosphoric ester groups is 1. The predicted molar refractivity (Wildman–Crippen MR) is 52.8 cm³/mol. The topological polar surface area (TPSA) is 76.0 Å². The Kier molecular flexibility index (Phi) is 4.98. The van der Waals surface area contributed by atoms with Gasteiger partial charge >= 0.3 is 7.82 Å². The van der Waals surface area contributed by atoms with Gasteiger partial charge in [0, 0.05) is 0 Å². The van der Waals surface area contributed by atoms with Gasteiger partial charge in [-0.25, -0.2) is 4.57 Å². The first-order valence-electron chi connectivity index (χ1n) is 4.18. The molecule has 0 rings (SSSR count). The van der Waals surface area contributed by atoms with E-state index < -0.39 is 19.5 Å². The average molecular weight is 224 g/mol. The smallest absolute Gasteiger partial charge is 0.390 e. The van der Waals surface area contributed by atoms with Crippen LogP contribution in [0.2, 0.25) is 0 Å². The molecule has 14 heavy (non-hydrogen) atoms. The van der Waals surface area contributed by atoms with Gasteiger partial charge in [-0.05, 0) is 20.8 Å². The van der Waals surface area contributed by atoms with Gasteiger partial charge in [-0.2, -0.15) is 0 Å². The van der Waals surface area contributed by atoms with Crippen molar-refractivity contribution in [2.45, 2.75) is 32.5 Å². The molecule has 2 unspecified atom stereocenters. The van der Waals surface area contributed by atoms with E-state index in [9.17, 15) is 14.6 Å². The lowest BCUT2D eigenvalue weighted by Crippen LogP contribution is -2.36.